The summed E-state index contributed by atoms with van der Waals surface area (Å²) < 4.78 is 8.88. The largest absolute Gasteiger partial charge is 1.00 e. The number of ketones is 2. The molecule has 3 aromatic rings. The van der Waals surface area contributed by atoms with Crippen molar-refractivity contribution >= 4 is 17.3 Å². The first kappa shape index (κ1) is 23.7. The number of nitro groups is 1. The molecule has 0 radical (unpaired) electrons. The van der Waals surface area contributed by atoms with Gasteiger partial charge in [0.05, 0.1) is 11.5 Å². The molecule has 9 heteroatoms. The zero-order chi connectivity index (χ0) is 22.1. The van der Waals surface area contributed by atoms with Crippen molar-refractivity contribution in [3.8, 4) is 0 Å². The van der Waals surface area contributed by atoms with Crippen molar-refractivity contribution in [1.29, 1.82) is 0 Å². The number of nitro benzene ring substituents is 1. The Morgan fingerprint density at radius 3 is 2.25 bits per heavy atom. The number of halogens is 1. The van der Waals surface area contributed by atoms with Crippen LogP contribution in [0.1, 0.15) is 49.9 Å². The quantitative estimate of drug-likeness (QED) is 0.106. The van der Waals surface area contributed by atoms with Crippen molar-refractivity contribution in [2.45, 2.75) is 26.4 Å². The lowest BCUT2D eigenvalue weighted by Crippen LogP contribution is -3.00. The van der Waals surface area contributed by atoms with Crippen LogP contribution in [-0.4, -0.2) is 34.8 Å². The zero-order valence-electron chi connectivity index (χ0n) is 17.7. The number of imidazole rings is 1. The van der Waals surface area contributed by atoms with Gasteiger partial charge >= 0.3 is 0 Å². The van der Waals surface area contributed by atoms with Gasteiger partial charge < -0.3 is 28.7 Å². The number of aromatic nitrogens is 2. The van der Waals surface area contributed by atoms with Crippen LogP contribution in [0.15, 0.2) is 48.5 Å². The summed E-state index contributed by atoms with van der Waals surface area (Å²) >= 11 is 0. The molecule has 2 aromatic carbocycles. The minimum atomic E-state index is -0.449. The molecule has 4 rings (SSSR count). The zero-order valence-corrected chi connectivity index (χ0v) is 19.9. The molecule has 0 atom stereocenters. The van der Waals surface area contributed by atoms with E-state index < -0.39 is 4.92 Å². The lowest BCUT2D eigenvalue weighted by atomic mass is 9.90. The van der Waals surface area contributed by atoms with Crippen LogP contribution in [0.4, 0.5) is 5.69 Å². The first-order valence-electron chi connectivity index (χ1n) is 9.97. The molecule has 0 N–H and O–H groups in total. The van der Waals surface area contributed by atoms with Gasteiger partial charge in [-0.2, -0.15) is 0 Å². The van der Waals surface area contributed by atoms with Crippen LogP contribution < -0.4 is 28.5 Å². The fraction of sp³-hybridized carbons (Fsp3) is 0.261. The molecule has 0 amide bonds. The van der Waals surface area contributed by atoms with E-state index in [1.54, 1.807) is 43.5 Å². The molecule has 0 saturated heterocycles. The Balaban J connectivity index is 0.00000289. The van der Waals surface area contributed by atoms with Gasteiger partial charge in [-0.1, -0.05) is 24.3 Å². The summed E-state index contributed by atoms with van der Waals surface area (Å²) in [5.74, 6) is 0.405. The van der Waals surface area contributed by atoms with Crippen LogP contribution in [0.25, 0.3) is 0 Å². The highest BCUT2D eigenvalue weighted by Crippen LogP contribution is 2.27. The first-order valence-corrected chi connectivity index (χ1v) is 9.97. The van der Waals surface area contributed by atoms with Crippen LogP contribution in [0.2, 0.25) is 0 Å². The number of ether oxygens (including phenoxy) is 1. The fourth-order valence-corrected chi connectivity index (χ4v) is 4.06. The van der Waals surface area contributed by atoms with Crippen LogP contribution in [-0.2, 0) is 17.8 Å². The highest BCUT2D eigenvalue weighted by Gasteiger charge is 2.42. The Morgan fingerprint density at radius 2 is 1.66 bits per heavy atom. The predicted molar refractivity (Wildman–Crippen MR) is 111 cm³/mol. The molecule has 166 valence electrons. The van der Waals surface area contributed by atoms with Crippen molar-refractivity contribution < 1.29 is 47.8 Å². The third kappa shape index (κ3) is 4.09. The second-order valence-corrected chi connectivity index (χ2v) is 7.46. The molecule has 0 spiro atoms. The number of non-ortho nitro benzene ring substituents is 1. The third-order valence-corrected chi connectivity index (χ3v) is 5.61. The van der Waals surface area contributed by atoms with E-state index in [0.717, 1.165) is 11.4 Å². The number of fused-ring (bicyclic) bond motifs is 2. The van der Waals surface area contributed by atoms with Crippen LogP contribution in [0.5, 0.6) is 0 Å². The van der Waals surface area contributed by atoms with E-state index in [9.17, 15) is 19.7 Å². The third-order valence-electron chi connectivity index (χ3n) is 5.61. The van der Waals surface area contributed by atoms with E-state index in [4.69, 9.17) is 4.74 Å². The molecular weight excluding hydrogens is 525 g/mol. The van der Waals surface area contributed by atoms with Gasteiger partial charge in [0.15, 0.2) is 0 Å². The van der Waals surface area contributed by atoms with Gasteiger partial charge in [0.2, 0.25) is 23.0 Å². The van der Waals surface area contributed by atoms with Gasteiger partial charge in [-0.3, -0.25) is 19.7 Å². The van der Waals surface area contributed by atoms with E-state index >= 15 is 0 Å². The monoisotopic (exact) mass is 547 g/mol. The molecule has 8 nitrogen and oxygen atoms in total. The highest BCUT2D eigenvalue weighted by atomic mass is 127. The van der Waals surface area contributed by atoms with Crippen molar-refractivity contribution in [2.75, 3.05) is 13.7 Å². The maximum atomic E-state index is 13.4. The molecule has 0 saturated carbocycles. The number of hydrogen-bond acceptors (Lipinski definition) is 5. The van der Waals surface area contributed by atoms with Crippen molar-refractivity contribution in [3.63, 3.8) is 0 Å². The van der Waals surface area contributed by atoms with Crippen molar-refractivity contribution in [3.05, 3.63) is 92.5 Å². The average molecular weight is 547 g/mol. The molecule has 32 heavy (non-hydrogen) atoms. The van der Waals surface area contributed by atoms with Gasteiger partial charge in [-0.05, 0) is 17.7 Å². The number of hydrogen-bond donors (Lipinski definition) is 0. The first-order chi connectivity index (χ1) is 14.9. The standard InChI is InChI=1S/C23H22N3O5.HI/c1-15-24(12-5-13-31-2)20-21(23(28)19-7-4-3-6-18(19)22(20)27)25(15)14-16-8-10-17(11-9-16)26(29)30;/h3-4,6-11H,5,12-14H2,1-2H3;1H/q+1;/p-1. The summed E-state index contributed by atoms with van der Waals surface area (Å²) in [6, 6.07) is 13.1. The fourth-order valence-electron chi connectivity index (χ4n) is 4.06. The summed E-state index contributed by atoms with van der Waals surface area (Å²) in [5.41, 5.74) is 2.36. The second-order valence-electron chi connectivity index (χ2n) is 7.46. The van der Waals surface area contributed by atoms with Crippen LogP contribution in [0.3, 0.4) is 0 Å². The second kappa shape index (κ2) is 9.70. The Morgan fingerprint density at radius 1 is 1.03 bits per heavy atom. The van der Waals surface area contributed by atoms with E-state index in [1.165, 1.54) is 12.1 Å². The number of benzene rings is 2. The predicted octanol–water partition coefficient (Wildman–Crippen LogP) is -0.144. The number of carbonyl (C=O) groups is 2. The maximum absolute atomic E-state index is 13.4. The maximum Gasteiger partial charge on any atom is 0.269 e. The summed E-state index contributed by atoms with van der Waals surface area (Å²) in [5, 5.41) is 10.9. The Labute approximate surface area is 202 Å². The molecule has 0 aliphatic heterocycles. The van der Waals surface area contributed by atoms with E-state index in [1.807, 2.05) is 16.1 Å². The molecule has 0 unspecified atom stereocenters. The minimum absolute atomic E-state index is 0. The Bertz CT molecular complexity index is 1200. The number of nitrogens with zero attached hydrogens (tertiary/aromatic N) is 3. The number of methoxy groups -OCH3 is 1. The molecule has 1 aliphatic rings. The topological polar surface area (TPSA) is 95.3 Å². The van der Waals surface area contributed by atoms with Crippen molar-refractivity contribution in [2.24, 2.45) is 0 Å². The molecule has 1 heterocycles. The highest BCUT2D eigenvalue weighted by molar-refractivity contribution is 6.26. The normalized spacial score (nSPS) is 12.2. The van der Waals surface area contributed by atoms with E-state index in [-0.39, 0.29) is 41.2 Å². The van der Waals surface area contributed by atoms with Gasteiger partial charge in [0, 0.05) is 50.3 Å². The van der Waals surface area contributed by atoms with E-state index in [0.29, 0.717) is 48.6 Å². The van der Waals surface area contributed by atoms with Gasteiger partial charge in [-0.25, -0.2) is 9.13 Å². The minimum Gasteiger partial charge on any atom is -1.00 e. The van der Waals surface area contributed by atoms with Crippen LogP contribution in [0, 0.1) is 17.0 Å². The number of carbonyl (C=O) groups excluding carboxylic acids is 2. The van der Waals surface area contributed by atoms with Crippen LogP contribution >= 0.6 is 0 Å². The molecule has 0 fully saturated rings. The van der Waals surface area contributed by atoms with Gasteiger partial charge in [-0.15, -0.1) is 0 Å². The van der Waals surface area contributed by atoms with Gasteiger partial charge in [0.1, 0.15) is 6.54 Å². The van der Waals surface area contributed by atoms with E-state index in [2.05, 4.69) is 0 Å². The lowest BCUT2D eigenvalue weighted by Gasteiger charge is -2.13. The van der Waals surface area contributed by atoms with Crippen molar-refractivity contribution in [1.82, 2.24) is 4.57 Å². The Kier molecular flexibility index (Phi) is 7.19. The smallest absolute Gasteiger partial charge is 0.269 e. The summed E-state index contributed by atoms with van der Waals surface area (Å²) in [6.45, 7) is 3.27. The average Bonchev–Trinajstić information content (AvgIpc) is 3.05. The number of rotatable bonds is 7. The molecule has 1 aromatic heterocycles. The molecule has 1 aliphatic carbocycles. The Hall–Kier alpha value is -2.92. The summed E-state index contributed by atoms with van der Waals surface area (Å²) in [4.78, 5) is 37.3. The molecular formula is C23H22IN3O5. The lowest BCUT2D eigenvalue weighted by molar-refractivity contribution is -0.695. The molecule has 0 bridgehead atoms. The summed E-state index contributed by atoms with van der Waals surface area (Å²) in [6.07, 6.45) is 0.694. The SMILES string of the molecule is COCCCn1c2c([n+](Cc3ccc([N+](=O)[O-])cc3)c1C)C(=O)c1ccccc1C2=O.[I-]. The van der Waals surface area contributed by atoms with Gasteiger partial charge in [0.25, 0.3) is 11.5 Å². The summed E-state index contributed by atoms with van der Waals surface area (Å²) in [7, 11) is 1.62.